The Morgan fingerprint density at radius 1 is 1.07 bits per heavy atom. The lowest BCUT2D eigenvalue weighted by molar-refractivity contribution is 0.415. The third-order valence-corrected chi connectivity index (χ3v) is 5.90. The summed E-state index contributed by atoms with van der Waals surface area (Å²) in [7, 11) is 1.64. The summed E-state index contributed by atoms with van der Waals surface area (Å²) < 4.78 is 13.1. The van der Waals surface area contributed by atoms with E-state index in [0.29, 0.717) is 17.7 Å². The molecule has 8 heteroatoms. The van der Waals surface area contributed by atoms with E-state index in [2.05, 4.69) is 22.3 Å². The van der Waals surface area contributed by atoms with Crippen LogP contribution >= 0.6 is 11.8 Å². The van der Waals surface area contributed by atoms with Gasteiger partial charge in [-0.25, -0.2) is 9.67 Å². The molecule has 2 aromatic heterocycles. The molecule has 0 N–H and O–H groups in total. The number of hydrogen-bond donors (Lipinski definition) is 0. The molecular formula is C22H21N5O2S. The minimum atomic E-state index is -0.0665. The second kappa shape index (κ2) is 7.95. The minimum absolute atomic E-state index is 0.0665. The van der Waals surface area contributed by atoms with Crippen LogP contribution in [0.15, 0.2) is 64.2 Å². The number of thioether (sulfide) groups is 1. The molecule has 30 heavy (non-hydrogen) atoms. The maximum Gasteiger partial charge on any atom is 0.247 e. The van der Waals surface area contributed by atoms with E-state index in [1.807, 2.05) is 54.1 Å². The van der Waals surface area contributed by atoms with Crippen LogP contribution in [0.4, 0.5) is 0 Å². The standard InChI is InChI=1S/C22H21N5O2S/c1-14(20-24-25-21(29-20)16-10-12-18(28-2)13-11-16)30-22-23-19(15-8-9-15)27(26-22)17-6-4-3-5-7-17/h3-7,10-15H,8-9H2,1-2H3/t14-/m1/s1. The summed E-state index contributed by atoms with van der Waals surface area (Å²) in [4.78, 5) is 4.81. The molecule has 0 radical (unpaired) electrons. The molecule has 1 aliphatic rings. The van der Waals surface area contributed by atoms with E-state index < -0.39 is 0 Å². The molecule has 152 valence electrons. The molecule has 1 saturated carbocycles. The number of methoxy groups -OCH3 is 1. The monoisotopic (exact) mass is 419 g/mol. The minimum Gasteiger partial charge on any atom is -0.497 e. The molecule has 0 bridgehead atoms. The highest BCUT2D eigenvalue weighted by molar-refractivity contribution is 7.99. The smallest absolute Gasteiger partial charge is 0.247 e. The van der Waals surface area contributed by atoms with Crippen molar-refractivity contribution >= 4 is 11.8 Å². The summed E-state index contributed by atoms with van der Waals surface area (Å²) >= 11 is 1.53. The maximum absolute atomic E-state index is 5.91. The topological polar surface area (TPSA) is 78.9 Å². The first kappa shape index (κ1) is 18.9. The largest absolute Gasteiger partial charge is 0.497 e. The molecule has 1 atom stereocenters. The maximum atomic E-state index is 5.91. The molecule has 7 nitrogen and oxygen atoms in total. The second-order valence-electron chi connectivity index (χ2n) is 7.21. The van der Waals surface area contributed by atoms with Gasteiger partial charge in [0, 0.05) is 11.5 Å². The van der Waals surface area contributed by atoms with Crippen LogP contribution in [0.5, 0.6) is 5.75 Å². The van der Waals surface area contributed by atoms with Gasteiger partial charge in [-0.15, -0.1) is 15.3 Å². The van der Waals surface area contributed by atoms with Crippen molar-refractivity contribution in [1.29, 1.82) is 0 Å². The number of hydrogen-bond acceptors (Lipinski definition) is 7. The molecule has 1 aliphatic carbocycles. The van der Waals surface area contributed by atoms with E-state index >= 15 is 0 Å². The zero-order chi connectivity index (χ0) is 20.5. The van der Waals surface area contributed by atoms with Crippen molar-refractivity contribution in [1.82, 2.24) is 25.0 Å². The van der Waals surface area contributed by atoms with Crippen molar-refractivity contribution in [3.63, 3.8) is 0 Å². The third-order valence-electron chi connectivity index (χ3n) is 4.96. The number of benzene rings is 2. The Balaban J connectivity index is 1.35. The zero-order valence-corrected chi connectivity index (χ0v) is 17.5. The average Bonchev–Trinajstić information content (AvgIpc) is 3.36. The van der Waals surface area contributed by atoms with Crippen LogP contribution in [-0.4, -0.2) is 32.1 Å². The number of para-hydroxylation sites is 1. The van der Waals surface area contributed by atoms with Gasteiger partial charge in [-0.2, -0.15) is 0 Å². The fourth-order valence-electron chi connectivity index (χ4n) is 3.18. The van der Waals surface area contributed by atoms with Crippen LogP contribution < -0.4 is 4.74 Å². The van der Waals surface area contributed by atoms with Crippen LogP contribution in [0, 0.1) is 0 Å². The number of nitrogens with zero attached hydrogens (tertiary/aromatic N) is 5. The van der Waals surface area contributed by atoms with Crippen molar-refractivity contribution in [2.24, 2.45) is 0 Å². The van der Waals surface area contributed by atoms with Gasteiger partial charge in [-0.3, -0.25) is 0 Å². The summed E-state index contributed by atoms with van der Waals surface area (Å²) in [6.45, 7) is 2.02. The molecule has 2 aromatic carbocycles. The number of ether oxygens (including phenoxy) is 1. The average molecular weight is 420 g/mol. The van der Waals surface area contributed by atoms with E-state index in [1.54, 1.807) is 7.11 Å². The lowest BCUT2D eigenvalue weighted by atomic mass is 10.2. The summed E-state index contributed by atoms with van der Waals surface area (Å²) in [6.07, 6.45) is 2.33. The fraction of sp³-hybridized carbons (Fsp3) is 0.273. The van der Waals surface area contributed by atoms with Crippen LogP contribution in [0.25, 0.3) is 17.1 Å². The molecule has 0 saturated heterocycles. The van der Waals surface area contributed by atoms with Crippen molar-refractivity contribution in [2.45, 2.75) is 36.1 Å². The van der Waals surface area contributed by atoms with Crippen LogP contribution in [0.2, 0.25) is 0 Å². The lowest BCUT2D eigenvalue weighted by Gasteiger charge is -2.04. The molecule has 1 fully saturated rings. The van der Waals surface area contributed by atoms with Crippen LogP contribution in [-0.2, 0) is 0 Å². The number of aromatic nitrogens is 5. The first-order chi connectivity index (χ1) is 14.7. The Hall–Kier alpha value is -3.13. The number of rotatable bonds is 7. The Morgan fingerprint density at radius 3 is 2.53 bits per heavy atom. The van der Waals surface area contributed by atoms with Crippen molar-refractivity contribution in [3.05, 3.63) is 66.3 Å². The fourth-order valence-corrected chi connectivity index (χ4v) is 3.96. The Bertz CT molecular complexity index is 1140. The molecule has 0 amide bonds. The van der Waals surface area contributed by atoms with E-state index in [1.165, 1.54) is 24.6 Å². The van der Waals surface area contributed by atoms with Crippen molar-refractivity contribution in [2.75, 3.05) is 7.11 Å². The van der Waals surface area contributed by atoms with Gasteiger partial charge in [0.1, 0.15) is 11.6 Å². The summed E-state index contributed by atoms with van der Waals surface area (Å²) in [5.74, 6) is 3.35. The predicted molar refractivity (Wildman–Crippen MR) is 114 cm³/mol. The van der Waals surface area contributed by atoms with Gasteiger partial charge in [0.15, 0.2) is 0 Å². The van der Waals surface area contributed by atoms with Crippen LogP contribution in [0.3, 0.4) is 0 Å². The second-order valence-corrected chi connectivity index (χ2v) is 8.52. The molecule has 0 unspecified atom stereocenters. The first-order valence-corrected chi connectivity index (χ1v) is 10.8. The summed E-state index contributed by atoms with van der Waals surface area (Å²) in [5.41, 5.74) is 1.89. The van der Waals surface area contributed by atoms with Gasteiger partial charge in [0.25, 0.3) is 0 Å². The molecule has 0 spiro atoms. The Labute approximate surface area is 178 Å². The molecule has 0 aliphatic heterocycles. The van der Waals surface area contributed by atoms with E-state index in [0.717, 1.165) is 28.0 Å². The lowest BCUT2D eigenvalue weighted by Crippen LogP contribution is -2.01. The van der Waals surface area contributed by atoms with Crippen molar-refractivity contribution < 1.29 is 9.15 Å². The van der Waals surface area contributed by atoms with Crippen molar-refractivity contribution in [3.8, 4) is 22.9 Å². The van der Waals surface area contributed by atoms with Gasteiger partial charge in [-0.05, 0) is 56.2 Å². The Morgan fingerprint density at radius 2 is 1.83 bits per heavy atom. The third kappa shape index (κ3) is 3.82. The molecule has 5 rings (SSSR count). The Kier molecular flexibility index (Phi) is 5.00. The highest BCUT2D eigenvalue weighted by Crippen LogP contribution is 2.42. The van der Waals surface area contributed by atoms with E-state index in [9.17, 15) is 0 Å². The van der Waals surface area contributed by atoms with Gasteiger partial charge in [-0.1, -0.05) is 30.0 Å². The predicted octanol–water partition coefficient (Wildman–Crippen LogP) is 5.06. The van der Waals surface area contributed by atoms with Gasteiger partial charge in [0.05, 0.1) is 18.0 Å². The summed E-state index contributed by atoms with van der Waals surface area (Å²) in [6, 6.07) is 17.7. The van der Waals surface area contributed by atoms with E-state index in [-0.39, 0.29) is 5.25 Å². The first-order valence-electron chi connectivity index (χ1n) is 9.88. The zero-order valence-electron chi connectivity index (χ0n) is 16.7. The van der Waals surface area contributed by atoms with Gasteiger partial charge >= 0.3 is 0 Å². The van der Waals surface area contributed by atoms with Gasteiger partial charge < -0.3 is 9.15 Å². The molecule has 4 aromatic rings. The normalized spacial score (nSPS) is 14.6. The molecular weight excluding hydrogens is 398 g/mol. The summed E-state index contributed by atoms with van der Waals surface area (Å²) in [5, 5.41) is 13.8. The van der Waals surface area contributed by atoms with Gasteiger partial charge in [0.2, 0.25) is 16.9 Å². The highest BCUT2D eigenvalue weighted by Gasteiger charge is 2.31. The molecule has 2 heterocycles. The van der Waals surface area contributed by atoms with E-state index in [4.69, 9.17) is 19.2 Å². The van der Waals surface area contributed by atoms with Crippen LogP contribution in [0.1, 0.15) is 42.6 Å². The SMILES string of the molecule is COc1ccc(-c2nnc([C@@H](C)Sc3nc(C4CC4)n(-c4ccccc4)n3)o2)cc1. The highest BCUT2D eigenvalue weighted by atomic mass is 32.2. The quantitative estimate of drug-likeness (QED) is 0.388.